The molecule has 2 fully saturated rings. The van der Waals surface area contributed by atoms with E-state index in [9.17, 15) is 23.1 Å². The summed E-state index contributed by atoms with van der Waals surface area (Å²) < 4.78 is 28.0. The van der Waals surface area contributed by atoms with Crippen LogP contribution in [0.4, 0.5) is 0 Å². The predicted octanol–water partition coefficient (Wildman–Crippen LogP) is 1.37. The van der Waals surface area contributed by atoms with E-state index in [0.29, 0.717) is 36.5 Å². The number of aliphatic imine (C=N–C) groups is 1. The lowest BCUT2D eigenvalue weighted by molar-refractivity contribution is -0.124. The topological polar surface area (TPSA) is 123 Å². The number of benzene rings is 2. The second-order valence-corrected chi connectivity index (χ2v) is 12.8. The summed E-state index contributed by atoms with van der Waals surface area (Å²) >= 11 is 0. The molecule has 2 aromatic carbocycles. The standard InChI is InChI=1S/C28H35N5O5S/c1-20-6-7-23(26(35)32-15-13-31(2)14-16-32)18-21(20)8-17-39(37,38)33-11-9-28(10-12-33)27(36)29-25(30-28)22-4-3-5-24(34)19-22/h3-7,18-19,34H,8-17H2,1-2H3,(H,29,30,36). The van der Waals surface area contributed by atoms with E-state index in [1.54, 1.807) is 18.2 Å². The van der Waals surface area contributed by atoms with E-state index in [-0.39, 0.29) is 49.2 Å². The van der Waals surface area contributed by atoms with Crippen LogP contribution in [-0.4, -0.2) is 103 Å². The van der Waals surface area contributed by atoms with E-state index in [0.717, 1.165) is 24.2 Å². The van der Waals surface area contributed by atoms with E-state index >= 15 is 0 Å². The number of hydrogen-bond acceptors (Lipinski definition) is 7. The molecule has 0 atom stereocenters. The number of hydrogen-bond donors (Lipinski definition) is 2. The first-order chi connectivity index (χ1) is 18.6. The third-order valence-corrected chi connectivity index (χ3v) is 9.93. The molecule has 10 nitrogen and oxygen atoms in total. The number of carbonyl (C=O) groups excluding carboxylic acids is 2. The number of aryl methyl sites for hydroxylation is 2. The zero-order valence-corrected chi connectivity index (χ0v) is 23.2. The number of phenols is 1. The molecule has 2 amide bonds. The zero-order valence-electron chi connectivity index (χ0n) is 22.4. The Hall–Kier alpha value is -3.28. The zero-order chi connectivity index (χ0) is 27.8. The molecule has 1 spiro atoms. The summed E-state index contributed by atoms with van der Waals surface area (Å²) in [4.78, 5) is 34.6. The van der Waals surface area contributed by atoms with Crippen molar-refractivity contribution in [3.8, 4) is 5.75 Å². The van der Waals surface area contributed by atoms with Crippen LogP contribution in [0, 0.1) is 6.92 Å². The average Bonchev–Trinajstić information content (AvgIpc) is 3.23. The van der Waals surface area contributed by atoms with Gasteiger partial charge in [0.1, 0.15) is 17.1 Å². The van der Waals surface area contributed by atoms with Gasteiger partial charge in [-0.1, -0.05) is 18.2 Å². The lowest BCUT2D eigenvalue weighted by Crippen LogP contribution is -2.50. The van der Waals surface area contributed by atoms with Crippen molar-refractivity contribution >= 4 is 27.7 Å². The molecule has 0 radical (unpaired) electrons. The molecule has 5 rings (SSSR count). The van der Waals surface area contributed by atoms with Gasteiger partial charge in [0.25, 0.3) is 11.8 Å². The first-order valence-corrected chi connectivity index (χ1v) is 14.9. The highest BCUT2D eigenvalue weighted by molar-refractivity contribution is 7.89. The number of piperidine rings is 1. The fourth-order valence-corrected chi connectivity index (χ4v) is 6.89. The number of amides is 2. The summed E-state index contributed by atoms with van der Waals surface area (Å²) in [6.45, 7) is 5.37. The van der Waals surface area contributed by atoms with Gasteiger partial charge < -0.3 is 20.2 Å². The number of carbonyl (C=O) groups is 2. The van der Waals surface area contributed by atoms with Crippen LogP contribution in [0.5, 0.6) is 5.75 Å². The Morgan fingerprint density at radius 1 is 1.05 bits per heavy atom. The summed E-state index contributed by atoms with van der Waals surface area (Å²) in [6.07, 6.45) is 0.878. The van der Waals surface area contributed by atoms with Crippen molar-refractivity contribution in [3.05, 3.63) is 64.7 Å². The Morgan fingerprint density at radius 2 is 1.77 bits per heavy atom. The lowest BCUT2D eigenvalue weighted by Gasteiger charge is -2.34. The fraction of sp³-hybridized carbons (Fsp3) is 0.464. The largest absolute Gasteiger partial charge is 0.508 e. The van der Waals surface area contributed by atoms with Crippen LogP contribution in [0.2, 0.25) is 0 Å². The minimum absolute atomic E-state index is 0.0194. The van der Waals surface area contributed by atoms with Crippen molar-refractivity contribution in [1.29, 1.82) is 0 Å². The van der Waals surface area contributed by atoms with Crippen LogP contribution < -0.4 is 5.32 Å². The van der Waals surface area contributed by atoms with E-state index in [4.69, 9.17) is 0 Å². The molecule has 2 aromatic rings. The molecular formula is C28H35N5O5S. The number of phenolic OH excluding ortho intramolecular Hbond substituents is 1. The number of nitrogens with zero attached hydrogens (tertiary/aromatic N) is 4. The van der Waals surface area contributed by atoms with Crippen LogP contribution in [-0.2, 0) is 21.2 Å². The van der Waals surface area contributed by atoms with E-state index in [1.165, 1.54) is 10.4 Å². The normalized spacial score (nSPS) is 20.2. The van der Waals surface area contributed by atoms with Gasteiger partial charge in [0.05, 0.1) is 5.75 Å². The van der Waals surface area contributed by atoms with Crippen LogP contribution in [0.1, 0.15) is 39.9 Å². The van der Waals surface area contributed by atoms with Gasteiger partial charge in [-0.05, 0) is 68.6 Å². The van der Waals surface area contributed by atoms with Gasteiger partial charge in [-0.15, -0.1) is 0 Å². The van der Waals surface area contributed by atoms with E-state index < -0.39 is 15.6 Å². The number of likely N-dealkylation sites (N-methyl/N-ethyl adjacent to an activating group) is 1. The summed E-state index contributed by atoms with van der Waals surface area (Å²) in [5.41, 5.74) is 2.00. The number of rotatable bonds is 6. The predicted molar refractivity (Wildman–Crippen MR) is 148 cm³/mol. The van der Waals surface area contributed by atoms with E-state index in [1.807, 2.05) is 37.1 Å². The monoisotopic (exact) mass is 553 g/mol. The van der Waals surface area contributed by atoms with Gasteiger partial charge in [-0.2, -0.15) is 0 Å². The van der Waals surface area contributed by atoms with Gasteiger partial charge in [0.2, 0.25) is 10.0 Å². The summed E-state index contributed by atoms with van der Waals surface area (Å²) in [7, 11) is -1.53. The van der Waals surface area contributed by atoms with Crippen molar-refractivity contribution in [3.63, 3.8) is 0 Å². The molecule has 0 saturated carbocycles. The maximum atomic E-state index is 13.3. The Bertz CT molecular complexity index is 1410. The quantitative estimate of drug-likeness (QED) is 0.557. The second-order valence-electron chi connectivity index (χ2n) is 10.7. The minimum atomic E-state index is -3.57. The minimum Gasteiger partial charge on any atom is -0.508 e. The Kier molecular flexibility index (Phi) is 7.49. The Balaban J connectivity index is 1.22. The second kappa shape index (κ2) is 10.7. The van der Waals surface area contributed by atoms with Crippen LogP contribution in [0.15, 0.2) is 47.5 Å². The van der Waals surface area contributed by atoms with Crippen molar-refractivity contribution in [2.24, 2.45) is 4.99 Å². The smallest absolute Gasteiger partial charge is 0.253 e. The Labute approximate surface area is 229 Å². The number of aromatic hydroxyl groups is 1. The van der Waals surface area contributed by atoms with Gasteiger partial charge in [-0.3, -0.25) is 14.6 Å². The molecule has 0 aromatic heterocycles. The molecule has 208 valence electrons. The summed E-state index contributed by atoms with van der Waals surface area (Å²) in [6, 6.07) is 12.0. The van der Waals surface area contributed by atoms with Crippen molar-refractivity contribution in [1.82, 2.24) is 19.4 Å². The molecule has 39 heavy (non-hydrogen) atoms. The van der Waals surface area contributed by atoms with Gasteiger partial charge in [0, 0.05) is 50.4 Å². The molecular weight excluding hydrogens is 518 g/mol. The molecule has 0 bridgehead atoms. The van der Waals surface area contributed by atoms with Gasteiger partial charge >= 0.3 is 0 Å². The van der Waals surface area contributed by atoms with Gasteiger partial charge in [0.15, 0.2) is 0 Å². The molecule has 3 aliphatic heterocycles. The number of amidine groups is 1. The first-order valence-electron chi connectivity index (χ1n) is 13.3. The maximum absolute atomic E-state index is 13.3. The molecule has 2 saturated heterocycles. The van der Waals surface area contributed by atoms with E-state index in [2.05, 4.69) is 15.2 Å². The third kappa shape index (κ3) is 5.70. The first kappa shape index (κ1) is 27.3. The molecule has 3 aliphatic rings. The van der Waals surface area contributed by atoms with Gasteiger partial charge in [-0.25, -0.2) is 12.7 Å². The maximum Gasteiger partial charge on any atom is 0.253 e. The van der Waals surface area contributed by atoms with Crippen LogP contribution >= 0.6 is 0 Å². The highest BCUT2D eigenvalue weighted by atomic mass is 32.2. The highest BCUT2D eigenvalue weighted by Gasteiger charge is 2.47. The lowest BCUT2D eigenvalue weighted by atomic mass is 9.89. The highest BCUT2D eigenvalue weighted by Crippen LogP contribution is 2.32. The third-order valence-electron chi connectivity index (χ3n) is 8.06. The number of sulfonamides is 1. The summed E-state index contributed by atoms with van der Waals surface area (Å²) in [5, 5.41) is 12.6. The Morgan fingerprint density at radius 3 is 2.46 bits per heavy atom. The number of piperazine rings is 1. The molecule has 3 heterocycles. The molecule has 0 aliphatic carbocycles. The molecule has 2 N–H and O–H groups in total. The average molecular weight is 554 g/mol. The van der Waals surface area contributed by atoms with Crippen LogP contribution in [0.25, 0.3) is 0 Å². The van der Waals surface area contributed by atoms with Crippen LogP contribution in [0.3, 0.4) is 0 Å². The number of nitrogens with one attached hydrogen (secondary N) is 1. The fourth-order valence-electron chi connectivity index (χ4n) is 5.41. The molecule has 0 unspecified atom stereocenters. The van der Waals surface area contributed by atoms with Crippen molar-refractivity contribution in [2.45, 2.75) is 31.7 Å². The SMILES string of the molecule is Cc1ccc(C(=O)N2CCN(C)CC2)cc1CCS(=O)(=O)N1CCC2(CC1)N=C(c1cccc(O)c1)NC2=O. The van der Waals surface area contributed by atoms with Crippen molar-refractivity contribution in [2.75, 3.05) is 52.1 Å². The summed E-state index contributed by atoms with van der Waals surface area (Å²) in [5.74, 6) is 0.144. The van der Waals surface area contributed by atoms with Crippen molar-refractivity contribution < 1.29 is 23.1 Å². The molecule has 11 heteroatoms.